The molecule has 0 fully saturated rings. The Balaban J connectivity index is 2.42. The quantitative estimate of drug-likeness (QED) is 0.835. The first-order valence-corrected chi connectivity index (χ1v) is 5.57. The lowest BCUT2D eigenvalue weighted by Crippen LogP contribution is -2.19. The van der Waals surface area contributed by atoms with Gasteiger partial charge in [0, 0.05) is 6.42 Å². The average molecular weight is 261 g/mol. The molecule has 0 saturated heterocycles. The van der Waals surface area contributed by atoms with Crippen LogP contribution in [0.4, 0.5) is 0 Å². The summed E-state index contributed by atoms with van der Waals surface area (Å²) in [6.45, 7) is 0.0651. The maximum absolute atomic E-state index is 9.80. The predicted molar refractivity (Wildman–Crippen MR) is 54.9 cm³/mol. The first-order chi connectivity index (χ1) is 6.74. The maximum Gasteiger partial charge on any atom is 0.132 e. The molecule has 0 saturated carbocycles. The number of imidazole rings is 1. The number of aliphatic hydroxyl groups is 2. The van der Waals surface area contributed by atoms with E-state index in [0.29, 0.717) is 6.42 Å². The summed E-state index contributed by atoms with van der Waals surface area (Å²) in [6, 6.07) is 0. The summed E-state index contributed by atoms with van der Waals surface area (Å²) >= 11 is 3.38. The van der Waals surface area contributed by atoms with Crippen molar-refractivity contribution in [3.8, 4) is 0 Å². The van der Waals surface area contributed by atoms with Crippen LogP contribution in [-0.4, -0.2) is 26.4 Å². The van der Waals surface area contributed by atoms with Crippen LogP contribution < -0.4 is 0 Å². The highest BCUT2D eigenvalue weighted by atomic mass is 79.9. The first kappa shape index (κ1) is 10.1. The minimum atomic E-state index is -0.473. The Hall–Kier alpha value is -0.390. The predicted octanol–water partition coefficient (Wildman–Crippen LogP) is 1.01. The molecule has 2 N–H and O–H groups in total. The molecule has 0 radical (unpaired) electrons. The monoisotopic (exact) mass is 260 g/mol. The molecule has 2 heterocycles. The molecule has 0 bridgehead atoms. The fraction of sp³-hybridized carbons (Fsp3) is 0.667. The lowest BCUT2D eigenvalue weighted by Gasteiger charge is -2.22. The minimum Gasteiger partial charge on any atom is -0.396 e. The summed E-state index contributed by atoms with van der Waals surface area (Å²) in [7, 11) is 0. The Morgan fingerprint density at radius 2 is 2.36 bits per heavy atom. The highest BCUT2D eigenvalue weighted by molar-refractivity contribution is 9.10. The summed E-state index contributed by atoms with van der Waals surface area (Å²) in [4.78, 5) is 4.29. The smallest absolute Gasteiger partial charge is 0.132 e. The standard InChI is InChI=1S/C9H13BrN2O2/c10-9-6-2-1-3-8(14)12(6)7(11-9)4-5-13/h8,13-14H,1-5H2. The van der Waals surface area contributed by atoms with E-state index >= 15 is 0 Å². The number of fused-ring (bicyclic) bond motifs is 1. The lowest BCUT2D eigenvalue weighted by atomic mass is 10.1. The van der Waals surface area contributed by atoms with Crippen LogP contribution in [0.25, 0.3) is 0 Å². The van der Waals surface area contributed by atoms with E-state index in [4.69, 9.17) is 5.11 Å². The second kappa shape index (κ2) is 4.00. The Labute approximate surface area is 90.7 Å². The Morgan fingerprint density at radius 3 is 3.07 bits per heavy atom. The second-order valence-corrected chi connectivity index (χ2v) is 4.23. The number of hydrogen-bond donors (Lipinski definition) is 2. The molecule has 1 unspecified atom stereocenters. The van der Waals surface area contributed by atoms with Gasteiger partial charge in [0.1, 0.15) is 16.7 Å². The van der Waals surface area contributed by atoms with Crippen LogP contribution >= 0.6 is 15.9 Å². The molecule has 0 amide bonds. The van der Waals surface area contributed by atoms with Gasteiger partial charge >= 0.3 is 0 Å². The van der Waals surface area contributed by atoms with Gasteiger partial charge in [-0.3, -0.25) is 0 Å². The first-order valence-electron chi connectivity index (χ1n) is 4.78. The zero-order valence-electron chi connectivity index (χ0n) is 7.78. The van der Waals surface area contributed by atoms with Crippen molar-refractivity contribution in [2.45, 2.75) is 31.9 Å². The van der Waals surface area contributed by atoms with E-state index in [1.165, 1.54) is 0 Å². The number of nitrogens with zero attached hydrogens (tertiary/aromatic N) is 2. The SMILES string of the molecule is OCCc1nc(Br)c2n1C(O)CCC2. The van der Waals surface area contributed by atoms with Crippen molar-refractivity contribution in [2.24, 2.45) is 0 Å². The van der Waals surface area contributed by atoms with Crippen LogP contribution in [0.1, 0.15) is 30.6 Å². The molecule has 14 heavy (non-hydrogen) atoms. The van der Waals surface area contributed by atoms with Crippen LogP contribution in [0.5, 0.6) is 0 Å². The van der Waals surface area contributed by atoms with Crippen molar-refractivity contribution in [1.82, 2.24) is 9.55 Å². The molecule has 0 aromatic carbocycles. The molecule has 0 aliphatic carbocycles. The van der Waals surface area contributed by atoms with Gasteiger partial charge in [-0.2, -0.15) is 0 Å². The summed E-state index contributed by atoms with van der Waals surface area (Å²) in [6.07, 6.45) is 2.73. The van der Waals surface area contributed by atoms with Gasteiger partial charge in [0.05, 0.1) is 12.3 Å². The third kappa shape index (κ3) is 1.60. The number of aromatic nitrogens is 2. The molecule has 4 nitrogen and oxygen atoms in total. The van der Waals surface area contributed by atoms with Crippen LogP contribution in [0.3, 0.4) is 0 Å². The van der Waals surface area contributed by atoms with Gasteiger partial charge in [-0.15, -0.1) is 0 Å². The Morgan fingerprint density at radius 1 is 1.57 bits per heavy atom. The fourth-order valence-corrected chi connectivity index (χ4v) is 2.51. The van der Waals surface area contributed by atoms with E-state index in [1.54, 1.807) is 0 Å². The lowest BCUT2D eigenvalue weighted by molar-refractivity contribution is 0.0749. The number of halogens is 1. The number of rotatable bonds is 2. The van der Waals surface area contributed by atoms with Crippen LogP contribution in [0.15, 0.2) is 4.60 Å². The van der Waals surface area contributed by atoms with E-state index in [2.05, 4.69) is 20.9 Å². The summed E-state index contributed by atoms with van der Waals surface area (Å²) in [5.41, 5.74) is 1.05. The van der Waals surface area contributed by atoms with Crippen molar-refractivity contribution in [3.05, 3.63) is 16.1 Å². The summed E-state index contributed by atoms with van der Waals surface area (Å²) in [5, 5.41) is 18.7. The average Bonchev–Trinajstić information content (AvgIpc) is 2.46. The molecule has 0 spiro atoms. The highest BCUT2D eigenvalue weighted by Crippen LogP contribution is 2.29. The molecule has 5 heteroatoms. The zero-order chi connectivity index (χ0) is 10.1. The van der Waals surface area contributed by atoms with Crippen LogP contribution in [0, 0.1) is 0 Å². The van der Waals surface area contributed by atoms with Gasteiger partial charge in [-0.25, -0.2) is 4.98 Å². The van der Waals surface area contributed by atoms with Gasteiger partial charge in [0.15, 0.2) is 0 Å². The number of aliphatic hydroxyl groups excluding tert-OH is 2. The van der Waals surface area contributed by atoms with Gasteiger partial charge in [0.2, 0.25) is 0 Å². The van der Waals surface area contributed by atoms with E-state index < -0.39 is 6.23 Å². The highest BCUT2D eigenvalue weighted by Gasteiger charge is 2.23. The van der Waals surface area contributed by atoms with Crippen LogP contribution in [-0.2, 0) is 12.8 Å². The van der Waals surface area contributed by atoms with Crippen LogP contribution in [0.2, 0.25) is 0 Å². The second-order valence-electron chi connectivity index (χ2n) is 3.48. The van der Waals surface area contributed by atoms with E-state index in [1.807, 2.05) is 4.57 Å². The van der Waals surface area contributed by atoms with Gasteiger partial charge in [-0.05, 0) is 35.2 Å². The zero-order valence-corrected chi connectivity index (χ0v) is 9.37. The molecular weight excluding hydrogens is 248 g/mol. The van der Waals surface area contributed by atoms with E-state index in [0.717, 1.165) is 35.4 Å². The topological polar surface area (TPSA) is 58.3 Å². The molecule has 1 aliphatic rings. The van der Waals surface area contributed by atoms with Gasteiger partial charge in [0.25, 0.3) is 0 Å². The maximum atomic E-state index is 9.80. The van der Waals surface area contributed by atoms with Gasteiger partial charge in [-0.1, -0.05) is 0 Å². The largest absolute Gasteiger partial charge is 0.396 e. The van der Waals surface area contributed by atoms with Crippen molar-refractivity contribution in [3.63, 3.8) is 0 Å². The molecule has 78 valence electrons. The van der Waals surface area contributed by atoms with Crippen molar-refractivity contribution in [1.29, 1.82) is 0 Å². The van der Waals surface area contributed by atoms with Crippen molar-refractivity contribution >= 4 is 15.9 Å². The molecule has 1 atom stereocenters. The summed E-state index contributed by atoms with van der Waals surface area (Å²) < 4.78 is 2.64. The fourth-order valence-electron chi connectivity index (χ4n) is 1.92. The molecule has 1 aliphatic heterocycles. The summed E-state index contributed by atoms with van der Waals surface area (Å²) in [5.74, 6) is 0.765. The van der Waals surface area contributed by atoms with Gasteiger partial charge < -0.3 is 14.8 Å². The van der Waals surface area contributed by atoms with Crippen molar-refractivity contribution < 1.29 is 10.2 Å². The molecule has 1 aromatic heterocycles. The van der Waals surface area contributed by atoms with E-state index in [-0.39, 0.29) is 6.61 Å². The molecule has 2 rings (SSSR count). The number of hydrogen-bond acceptors (Lipinski definition) is 3. The minimum absolute atomic E-state index is 0.0651. The normalized spacial score (nSPS) is 20.9. The third-order valence-electron chi connectivity index (χ3n) is 2.54. The Bertz CT molecular complexity index is 338. The molecule has 1 aromatic rings. The Kier molecular flexibility index (Phi) is 2.90. The van der Waals surface area contributed by atoms with E-state index in [9.17, 15) is 5.11 Å². The molecular formula is C9H13BrN2O2. The third-order valence-corrected chi connectivity index (χ3v) is 3.18. The van der Waals surface area contributed by atoms with Crippen molar-refractivity contribution in [2.75, 3.05) is 6.61 Å².